The van der Waals surface area contributed by atoms with Crippen molar-refractivity contribution < 1.29 is 9.53 Å². The van der Waals surface area contributed by atoms with Crippen molar-refractivity contribution in [3.8, 4) is 5.75 Å². The van der Waals surface area contributed by atoms with Gasteiger partial charge in [0.25, 0.3) is 0 Å². The molecule has 0 aromatic heterocycles. The monoisotopic (exact) mass is 247 g/mol. The number of carbonyl (C=O) groups is 1. The van der Waals surface area contributed by atoms with E-state index in [2.05, 4.69) is 6.92 Å². The molecule has 0 heterocycles. The van der Waals surface area contributed by atoms with Gasteiger partial charge in [0, 0.05) is 6.08 Å². The maximum absolute atomic E-state index is 10.6. The Labute approximate surface area is 109 Å². The lowest BCUT2D eigenvalue weighted by molar-refractivity contribution is -0.113. The lowest BCUT2D eigenvalue weighted by Crippen LogP contribution is -2.05. The summed E-state index contributed by atoms with van der Waals surface area (Å²) in [6, 6.07) is 7.61. The van der Waals surface area contributed by atoms with Crippen LogP contribution in [0.2, 0.25) is 0 Å². The van der Waals surface area contributed by atoms with E-state index in [0.29, 0.717) is 0 Å². The molecule has 1 aromatic rings. The highest BCUT2D eigenvalue weighted by Gasteiger charge is 1.94. The largest absolute Gasteiger partial charge is 0.494 e. The Morgan fingerprint density at radius 3 is 2.56 bits per heavy atom. The van der Waals surface area contributed by atoms with Crippen LogP contribution < -0.4 is 10.5 Å². The van der Waals surface area contributed by atoms with E-state index in [4.69, 9.17) is 10.5 Å². The lowest BCUT2D eigenvalue weighted by Gasteiger charge is -2.05. The van der Waals surface area contributed by atoms with Gasteiger partial charge in [0.15, 0.2) is 0 Å². The summed E-state index contributed by atoms with van der Waals surface area (Å²) >= 11 is 0. The minimum absolute atomic E-state index is 0.439. The standard InChI is InChI=1S/C15H21NO2/c1-2-3-4-5-12-18-14-9-6-13(7-10-14)8-11-15(16)17/h6-11H,2-5,12H2,1H3,(H2,16,17)/b11-8+. The molecule has 1 rings (SSSR count). The molecule has 0 saturated carbocycles. The molecule has 0 radical (unpaired) electrons. The van der Waals surface area contributed by atoms with Crippen LogP contribution in [-0.2, 0) is 4.79 Å². The fourth-order valence-corrected chi connectivity index (χ4v) is 1.57. The first kappa shape index (κ1) is 14.3. The zero-order valence-corrected chi connectivity index (χ0v) is 10.9. The molecule has 0 bridgehead atoms. The van der Waals surface area contributed by atoms with Gasteiger partial charge in [0.2, 0.25) is 5.91 Å². The van der Waals surface area contributed by atoms with Crippen LogP contribution in [0.1, 0.15) is 38.2 Å². The lowest BCUT2D eigenvalue weighted by atomic mass is 10.2. The molecule has 0 fully saturated rings. The summed E-state index contributed by atoms with van der Waals surface area (Å²) in [4.78, 5) is 10.6. The highest BCUT2D eigenvalue weighted by atomic mass is 16.5. The number of unbranched alkanes of at least 4 members (excludes halogenated alkanes) is 3. The molecule has 0 saturated heterocycles. The van der Waals surface area contributed by atoms with Crippen LogP contribution in [-0.4, -0.2) is 12.5 Å². The molecule has 98 valence electrons. The minimum atomic E-state index is -0.439. The highest BCUT2D eigenvalue weighted by molar-refractivity contribution is 5.90. The third-order valence-corrected chi connectivity index (χ3v) is 2.59. The summed E-state index contributed by atoms with van der Waals surface area (Å²) in [7, 11) is 0. The highest BCUT2D eigenvalue weighted by Crippen LogP contribution is 2.13. The molecule has 3 heteroatoms. The van der Waals surface area contributed by atoms with Gasteiger partial charge in [-0.05, 0) is 30.2 Å². The summed E-state index contributed by atoms with van der Waals surface area (Å²) in [6.45, 7) is 2.95. The summed E-state index contributed by atoms with van der Waals surface area (Å²) in [5.74, 6) is 0.425. The Morgan fingerprint density at radius 2 is 1.94 bits per heavy atom. The number of primary amides is 1. The first-order valence-electron chi connectivity index (χ1n) is 6.42. The number of hydrogen-bond donors (Lipinski definition) is 1. The van der Waals surface area contributed by atoms with E-state index in [0.717, 1.165) is 24.3 Å². The zero-order chi connectivity index (χ0) is 13.2. The van der Waals surface area contributed by atoms with E-state index >= 15 is 0 Å². The van der Waals surface area contributed by atoms with E-state index in [9.17, 15) is 4.79 Å². The van der Waals surface area contributed by atoms with E-state index in [-0.39, 0.29) is 0 Å². The van der Waals surface area contributed by atoms with Crippen molar-refractivity contribution in [2.24, 2.45) is 5.73 Å². The molecule has 0 aliphatic rings. The topological polar surface area (TPSA) is 52.3 Å². The molecular weight excluding hydrogens is 226 g/mol. The van der Waals surface area contributed by atoms with Gasteiger partial charge in [-0.1, -0.05) is 38.3 Å². The van der Waals surface area contributed by atoms with Crippen LogP contribution >= 0.6 is 0 Å². The smallest absolute Gasteiger partial charge is 0.241 e. The summed E-state index contributed by atoms with van der Waals surface area (Å²) in [5.41, 5.74) is 5.96. The third-order valence-electron chi connectivity index (χ3n) is 2.59. The predicted octanol–water partition coefficient (Wildman–Crippen LogP) is 3.14. The van der Waals surface area contributed by atoms with E-state index < -0.39 is 5.91 Å². The van der Waals surface area contributed by atoms with Gasteiger partial charge in [0.05, 0.1) is 6.61 Å². The Bertz CT molecular complexity index is 382. The summed E-state index contributed by atoms with van der Waals surface area (Å²) in [5, 5.41) is 0. The third kappa shape index (κ3) is 6.09. The Kier molecular flexibility index (Phi) is 6.62. The predicted molar refractivity (Wildman–Crippen MR) is 74.3 cm³/mol. The van der Waals surface area contributed by atoms with Crippen molar-refractivity contribution in [3.63, 3.8) is 0 Å². The van der Waals surface area contributed by atoms with Crippen LogP contribution in [0.5, 0.6) is 5.75 Å². The SMILES string of the molecule is CCCCCCOc1ccc(/C=C/C(N)=O)cc1. The Morgan fingerprint density at radius 1 is 1.22 bits per heavy atom. The molecule has 2 N–H and O–H groups in total. The number of ether oxygens (including phenoxy) is 1. The fourth-order valence-electron chi connectivity index (χ4n) is 1.57. The second kappa shape index (κ2) is 8.34. The van der Waals surface area contributed by atoms with Gasteiger partial charge in [-0.25, -0.2) is 0 Å². The maximum atomic E-state index is 10.6. The molecule has 18 heavy (non-hydrogen) atoms. The molecule has 0 aliphatic heterocycles. The van der Waals surface area contributed by atoms with Crippen LogP contribution in [0.25, 0.3) is 6.08 Å². The number of hydrogen-bond acceptors (Lipinski definition) is 2. The van der Waals surface area contributed by atoms with Gasteiger partial charge >= 0.3 is 0 Å². The first-order valence-corrected chi connectivity index (χ1v) is 6.42. The molecule has 1 amide bonds. The van der Waals surface area contributed by atoms with E-state index in [1.807, 2.05) is 24.3 Å². The number of benzene rings is 1. The van der Waals surface area contributed by atoms with Gasteiger partial charge in [0.1, 0.15) is 5.75 Å². The number of rotatable bonds is 8. The van der Waals surface area contributed by atoms with Crippen molar-refractivity contribution in [3.05, 3.63) is 35.9 Å². The normalized spacial score (nSPS) is 10.7. The van der Waals surface area contributed by atoms with E-state index in [1.54, 1.807) is 6.08 Å². The Balaban J connectivity index is 2.34. The molecule has 0 aliphatic carbocycles. The van der Waals surface area contributed by atoms with Crippen molar-refractivity contribution >= 4 is 12.0 Å². The number of nitrogens with two attached hydrogens (primary N) is 1. The van der Waals surface area contributed by atoms with Crippen molar-refractivity contribution in [1.82, 2.24) is 0 Å². The Hall–Kier alpha value is -1.77. The van der Waals surface area contributed by atoms with Crippen LogP contribution in [0, 0.1) is 0 Å². The van der Waals surface area contributed by atoms with Gasteiger partial charge < -0.3 is 10.5 Å². The average Bonchev–Trinajstić information content (AvgIpc) is 2.37. The van der Waals surface area contributed by atoms with Crippen LogP contribution in [0.15, 0.2) is 30.3 Å². The van der Waals surface area contributed by atoms with Crippen molar-refractivity contribution in [2.75, 3.05) is 6.61 Å². The van der Waals surface area contributed by atoms with Gasteiger partial charge in [-0.15, -0.1) is 0 Å². The first-order chi connectivity index (χ1) is 8.72. The molecule has 1 aromatic carbocycles. The molecule has 0 unspecified atom stereocenters. The molecule has 0 spiro atoms. The minimum Gasteiger partial charge on any atom is -0.494 e. The number of carbonyl (C=O) groups excluding carboxylic acids is 1. The maximum Gasteiger partial charge on any atom is 0.241 e. The zero-order valence-electron chi connectivity index (χ0n) is 10.9. The summed E-state index contributed by atoms with van der Waals surface area (Å²) in [6.07, 6.45) is 7.85. The van der Waals surface area contributed by atoms with Crippen molar-refractivity contribution in [1.29, 1.82) is 0 Å². The second-order valence-electron chi connectivity index (χ2n) is 4.21. The van der Waals surface area contributed by atoms with Crippen LogP contribution in [0.4, 0.5) is 0 Å². The quantitative estimate of drug-likeness (QED) is 0.566. The van der Waals surface area contributed by atoms with Gasteiger partial charge in [-0.2, -0.15) is 0 Å². The fraction of sp³-hybridized carbons (Fsp3) is 0.400. The van der Waals surface area contributed by atoms with Crippen LogP contribution in [0.3, 0.4) is 0 Å². The summed E-state index contributed by atoms with van der Waals surface area (Å²) < 4.78 is 5.62. The van der Waals surface area contributed by atoms with E-state index in [1.165, 1.54) is 25.3 Å². The molecule has 0 atom stereocenters. The molecule has 3 nitrogen and oxygen atoms in total. The van der Waals surface area contributed by atoms with Crippen molar-refractivity contribution in [2.45, 2.75) is 32.6 Å². The second-order valence-corrected chi connectivity index (χ2v) is 4.21. The average molecular weight is 247 g/mol. The van der Waals surface area contributed by atoms with Gasteiger partial charge in [-0.3, -0.25) is 4.79 Å². The number of amides is 1. The molecular formula is C15H21NO2.